The molecule has 1 aromatic heterocycles. The van der Waals surface area contributed by atoms with Crippen LogP contribution >= 0.6 is 23.2 Å². The minimum absolute atomic E-state index is 0.0695. The minimum Gasteiger partial charge on any atom is -0.338 e. The molecule has 0 radical (unpaired) electrons. The van der Waals surface area contributed by atoms with E-state index in [4.69, 9.17) is 23.2 Å². The molecule has 6 nitrogen and oxygen atoms in total. The van der Waals surface area contributed by atoms with Gasteiger partial charge in [-0.15, -0.1) is 0 Å². The molecule has 0 aliphatic carbocycles. The normalized spacial score (nSPS) is 17.4. The number of hydrogen-bond donors (Lipinski definition) is 2. The maximum atomic E-state index is 12.8. The first kappa shape index (κ1) is 17.8. The van der Waals surface area contributed by atoms with Crippen LogP contribution in [0.1, 0.15) is 41.7 Å². The summed E-state index contributed by atoms with van der Waals surface area (Å²) < 4.78 is 0. The molecule has 2 amide bonds. The molecule has 0 bridgehead atoms. The Bertz CT molecular complexity index is 806. The van der Waals surface area contributed by atoms with Crippen LogP contribution in [0.15, 0.2) is 24.4 Å². The zero-order valence-electron chi connectivity index (χ0n) is 13.7. The molecular weight excluding hydrogens is 363 g/mol. The third-order valence-electron chi connectivity index (χ3n) is 4.26. The number of rotatable bonds is 3. The van der Waals surface area contributed by atoms with Gasteiger partial charge in [-0.1, -0.05) is 23.2 Å². The number of halogens is 2. The van der Waals surface area contributed by atoms with Crippen molar-refractivity contribution in [2.45, 2.75) is 25.7 Å². The molecule has 8 heteroatoms. The van der Waals surface area contributed by atoms with E-state index in [1.807, 2.05) is 0 Å². The molecular formula is C17H18Cl2N4O2. The number of likely N-dealkylation sites (tertiary alicyclic amines) is 1. The van der Waals surface area contributed by atoms with Crippen LogP contribution < -0.4 is 5.32 Å². The van der Waals surface area contributed by atoms with Gasteiger partial charge in [-0.25, -0.2) is 0 Å². The topological polar surface area (TPSA) is 78.1 Å². The molecule has 0 spiro atoms. The van der Waals surface area contributed by atoms with E-state index in [0.717, 1.165) is 18.5 Å². The number of H-pyrrole nitrogens is 1. The summed E-state index contributed by atoms with van der Waals surface area (Å²) in [5.41, 5.74) is 1.90. The van der Waals surface area contributed by atoms with E-state index in [1.165, 1.54) is 6.92 Å². The van der Waals surface area contributed by atoms with Gasteiger partial charge in [-0.3, -0.25) is 14.7 Å². The number of amides is 2. The van der Waals surface area contributed by atoms with Gasteiger partial charge in [0.25, 0.3) is 5.91 Å². The fourth-order valence-electron chi connectivity index (χ4n) is 3.13. The number of carbonyl (C=O) groups excluding carboxylic acids is 2. The lowest BCUT2D eigenvalue weighted by Crippen LogP contribution is -2.39. The third-order valence-corrected chi connectivity index (χ3v) is 4.82. The maximum Gasteiger partial charge on any atom is 0.255 e. The van der Waals surface area contributed by atoms with Gasteiger partial charge >= 0.3 is 0 Å². The smallest absolute Gasteiger partial charge is 0.255 e. The highest BCUT2D eigenvalue weighted by Crippen LogP contribution is 2.32. The first-order valence-corrected chi connectivity index (χ1v) is 8.76. The second kappa shape index (κ2) is 7.45. The molecule has 2 heterocycles. The largest absolute Gasteiger partial charge is 0.338 e. The SMILES string of the molecule is CC(=O)Nc1cn[nH]c1[C@@H]1CCCN(C(=O)c2cc(Cl)ccc2Cl)C1. The number of piperidine rings is 1. The summed E-state index contributed by atoms with van der Waals surface area (Å²) in [4.78, 5) is 25.9. The van der Waals surface area contributed by atoms with Gasteiger partial charge in [-0.05, 0) is 31.0 Å². The van der Waals surface area contributed by atoms with Gasteiger partial charge in [-0.2, -0.15) is 5.10 Å². The monoisotopic (exact) mass is 380 g/mol. The molecule has 0 saturated carbocycles. The molecule has 0 unspecified atom stereocenters. The van der Waals surface area contributed by atoms with Gasteiger partial charge in [0.2, 0.25) is 5.91 Å². The third kappa shape index (κ3) is 3.96. The van der Waals surface area contributed by atoms with Gasteiger partial charge in [0, 0.05) is 31.0 Å². The standard InChI is InChI=1S/C17H18Cl2N4O2/c1-10(24)21-15-8-20-22-16(15)11-3-2-6-23(9-11)17(25)13-7-12(18)4-5-14(13)19/h4-5,7-8,11H,2-3,6,9H2,1H3,(H,20,22)(H,21,24)/t11-/m1/s1. The second-order valence-electron chi connectivity index (χ2n) is 6.09. The van der Waals surface area contributed by atoms with Crippen LogP contribution in [0.25, 0.3) is 0 Å². The average Bonchev–Trinajstić information content (AvgIpc) is 3.04. The highest BCUT2D eigenvalue weighted by atomic mass is 35.5. The van der Waals surface area contributed by atoms with Crippen LogP contribution in [0.3, 0.4) is 0 Å². The Morgan fingerprint density at radius 1 is 1.36 bits per heavy atom. The summed E-state index contributed by atoms with van der Waals surface area (Å²) in [6, 6.07) is 4.88. The molecule has 1 saturated heterocycles. The van der Waals surface area contributed by atoms with Crippen molar-refractivity contribution in [2.75, 3.05) is 18.4 Å². The number of anilines is 1. The van der Waals surface area contributed by atoms with Crippen LogP contribution in [0, 0.1) is 0 Å². The summed E-state index contributed by atoms with van der Waals surface area (Å²) >= 11 is 12.2. The van der Waals surface area contributed by atoms with E-state index in [0.29, 0.717) is 34.4 Å². The summed E-state index contributed by atoms with van der Waals surface area (Å²) in [5.74, 6) is -0.227. The number of aromatic nitrogens is 2. The van der Waals surface area contributed by atoms with E-state index < -0.39 is 0 Å². The predicted molar refractivity (Wildman–Crippen MR) is 97.2 cm³/mol. The Morgan fingerprint density at radius 2 is 2.16 bits per heavy atom. The van der Waals surface area contributed by atoms with Crippen LogP contribution in [0.2, 0.25) is 10.0 Å². The van der Waals surface area contributed by atoms with E-state index in [-0.39, 0.29) is 17.7 Å². The van der Waals surface area contributed by atoms with Crippen molar-refractivity contribution in [2.24, 2.45) is 0 Å². The van der Waals surface area contributed by atoms with E-state index in [1.54, 1.807) is 29.3 Å². The number of aromatic amines is 1. The van der Waals surface area contributed by atoms with Crippen LogP contribution in [0.4, 0.5) is 5.69 Å². The number of hydrogen-bond acceptors (Lipinski definition) is 3. The Balaban J connectivity index is 1.79. The summed E-state index contributed by atoms with van der Waals surface area (Å²) in [7, 11) is 0. The zero-order valence-corrected chi connectivity index (χ0v) is 15.2. The molecule has 1 aliphatic rings. The number of carbonyl (C=O) groups is 2. The first-order valence-electron chi connectivity index (χ1n) is 8.01. The quantitative estimate of drug-likeness (QED) is 0.851. The van der Waals surface area contributed by atoms with Crippen LogP contribution in [-0.4, -0.2) is 40.0 Å². The molecule has 1 atom stereocenters. The van der Waals surface area contributed by atoms with Crippen molar-refractivity contribution in [3.63, 3.8) is 0 Å². The van der Waals surface area contributed by atoms with Crippen molar-refractivity contribution < 1.29 is 9.59 Å². The van der Waals surface area contributed by atoms with Crippen molar-refractivity contribution in [3.05, 3.63) is 45.7 Å². The summed E-state index contributed by atoms with van der Waals surface area (Å²) in [5, 5.41) is 10.6. The first-order chi connectivity index (χ1) is 12.0. The molecule has 2 N–H and O–H groups in total. The van der Waals surface area contributed by atoms with Crippen molar-refractivity contribution in [1.29, 1.82) is 0 Å². The highest BCUT2D eigenvalue weighted by Gasteiger charge is 2.29. The van der Waals surface area contributed by atoms with Gasteiger partial charge in [0.15, 0.2) is 0 Å². The summed E-state index contributed by atoms with van der Waals surface area (Å²) in [6.07, 6.45) is 3.35. The Hall–Kier alpha value is -2.05. The summed E-state index contributed by atoms with van der Waals surface area (Å²) in [6.45, 7) is 2.63. The van der Waals surface area contributed by atoms with Gasteiger partial charge < -0.3 is 10.2 Å². The Morgan fingerprint density at radius 3 is 2.92 bits per heavy atom. The number of nitrogens with one attached hydrogen (secondary N) is 2. The molecule has 25 heavy (non-hydrogen) atoms. The maximum absolute atomic E-state index is 12.8. The molecule has 1 fully saturated rings. The van der Waals surface area contributed by atoms with Crippen LogP contribution in [-0.2, 0) is 4.79 Å². The fraction of sp³-hybridized carbons (Fsp3) is 0.353. The van der Waals surface area contributed by atoms with E-state index in [2.05, 4.69) is 15.5 Å². The lowest BCUT2D eigenvalue weighted by molar-refractivity contribution is -0.114. The van der Waals surface area contributed by atoms with Crippen molar-refractivity contribution in [1.82, 2.24) is 15.1 Å². The van der Waals surface area contributed by atoms with Crippen molar-refractivity contribution in [3.8, 4) is 0 Å². The molecule has 1 aromatic carbocycles. The molecule has 3 rings (SSSR count). The number of nitrogens with zero attached hydrogens (tertiary/aromatic N) is 2. The lowest BCUT2D eigenvalue weighted by atomic mass is 9.93. The van der Waals surface area contributed by atoms with Gasteiger partial charge in [0.1, 0.15) is 0 Å². The lowest BCUT2D eigenvalue weighted by Gasteiger charge is -2.33. The highest BCUT2D eigenvalue weighted by molar-refractivity contribution is 6.35. The Labute approximate surface area is 155 Å². The zero-order chi connectivity index (χ0) is 18.0. The average molecular weight is 381 g/mol. The predicted octanol–water partition coefficient (Wildman–Crippen LogP) is 3.69. The Kier molecular flexibility index (Phi) is 5.30. The second-order valence-corrected chi connectivity index (χ2v) is 6.94. The molecule has 132 valence electrons. The number of benzene rings is 1. The van der Waals surface area contributed by atoms with Gasteiger partial charge in [0.05, 0.1) is 28.2 Å². The van der Waals surface area contributed by atoms with Crippen molar-refractivity contribution >= 4 is 40.7 Å². The van der Waals surface area contributed by atoms with E-state index in [9.17, 15) is 9.59 Å². The minimum atomic E-state index is -0.155. The van der Waals surface area contributed by atoms with Crippen LogP contribution in [0.5, 0.6) is 0 Å². The fourth-order valence-corrected chi connectivity index (χ4v) is 3.50. The molecule has 2 aromatic rings. The molecule has 1 aliphatic heterocycles. The van der Waals surface area contributed by atoms with E-state index >= 15 is 0 Å².